The Bertz CT molecular complexity index is 2970. The Labute approximate surface area is 347 Å². The normalized spacial score (nSPS) is 12.9. The molecule has 0 fully saturated rings. The van der Waals surface area contributed by atoms with Crippen molar-refractivity contribution >= 4 is 67.4 Å². The lowest BCUT2D eigenvalue weighted by atomic mass is 9.80. The van der Waals surface area contributed by atoms with Crippen LogP contribution >= 0.6 is 0 Å². The van der Waals surface area contributed by atoms with Gasteiger partial charge in [-0.2, -0.15) is 0 Å². The Kier molecular flexibility index (Phi) is 8.95. The van der Waals surface area contributed by atoms with E-state index in [-0.39, 0.29) is 10.8 Å². The van der Waals surface area contributed by atoms with Crippen LogP contribution in [0.2, 0.25) is 0 Å². The van der Waals surface area contributed by atoms with Crippen molar-refractivity contribution in [2.24, 2.45) is 0 Å². The van der Waals surface area contributed by atoms with Gasteiger partial charge in [0.25, 0.3) is 0 Å². The van der Waals surface area contributed by atoms with Crippen LogP contribution in [-0.2, 0) is 10.8 Å². The zero-order valence-electron chi connectivity index (χ0n) is 34.6. The van der Waals surface area contributed by atoms with Gasteiger partial charge in [0.15, 0.2) is 17.0 Å². The van der Waals surface area contributed by atoms with Crippen LogP contribution in [0.3, 0.4) is 0 Å². The standard InChI is InChI=1S/C54H46N4O/c1-34(2)35-14-22-41(23-15-35)58(42-28-20-38(56-9)21-29-42)48-33-46-44-31-30-43(32-47(44)54(6,7)51(46)50-45-12-10-11-13-49(45)59-52(48)50)57(40-26-18-37(55-8)19-27-40)39-24-16-36(17-25-39)53(3,4)5/h10-34H,1-7H3. The molecule has 1 aromatic heterocycles. The number of hydrogen-bond donors (Lipinski definition) is 0. The molecule has 5 nitrogen and oxygen atoms in total. The van der Waals surface area contributed by atoms with Crippen LogP contribution in [0.1, 0.15) is 76.6 Å². The van der Waals surface area contributed by atoms with E-state index in [1.54, 1.807) is 0 Å². The Morgan fingerprint density at radius 3 is 1.68 bits per heavy atom. The first kappa shape index (κ1) is 37.5. The third kappa shape index (κ3) is 6.31. The molecule has 0 amide bonds. The molecule has 0 saturated heterocycles. The summed E-state index contributed by atoms with van der Waals surface area (Å²) in [4.78, 5) is 11.9. The van der Waals surface area contributed by atoms with Crippen LogP contribution in [0.4, 0.5) is 45.5 Å². The van der Waals surface area contributed by atoms with E-state index in [0.29, 0.717) is 17.3 Å². The van der Waals surface area contributed by atoms with Crippen LogP contribution in [0.15, 0.2) is 150 Å². The number of fused-ring (bicyclic) bond motifs is 7. The maximum absolute atomic E-state index is 7.64. The van der Waals surface area contributed by atoms with Gasteiger partial charge in [0.1, 0.15) is 5.58 Å². The molecule has 1 aliphatic rings. The highest BCUT2D eigenvalue weighted by Gasteiger charge is 2.40. The van der Waals surface area contributed by atoms with E-state index in [2.05, 4.69) is 159 Å². The van der Waals surface area contributed by atoms with E-state index in [1.165, 1.54) is 33.4 Å². The zero-order valence-corrected chi connectivity index (χ0v) is 34.6. The first-order chi connectivity index (χ1) is 28.4. The Hall–Kier alpha value is -7.08. The van der Waals surface area contributed by atoms with Crippen LogP contribution in [0, 0.1) is 13.1 Å². The third-order valence-electron chi connectivity index (χ3n) is 12.0. The quantitative estimate of drug-likeness (QED) is 0.151. The van der Waals surface area contributed by atoms with Crippen molar-refractivity contribution in [3.05, 3.63) is 191 Å². The molecule has 0 unspecified atom stereocenters. The van der Waals surface area contributed by atoms with E-state index in [0.717, 1.165) is 56.1 Å². The fourth-order valence-electron chi connectivity index (χ4n) is 8.81. The molecule has 0 atom stereocenters. The summed E-state index contributed by atoms with van der Waals surface area (Å²) in [5.74, 6) is 0.401. The van der Waals surface area contributed by atoms with Gasteiger partial charge in [-0.3, -0.25) is 0 Å². The maximum Gasteiger partial charge on any atom is 0.187 e. The predicted octanol–water partition coefficient (Wildman–Crippen LogP) is 16.4. The second-order valence-electron chi connectivity index (χ2n) is 17.4. The van der Waals surface area contributed by atoms with Gasteiger partial charge in [0, 0.05) is 44.6 Å². The Morgan fingerprint density at radius 2 is 1.12 bits per heavy atom. The van der Waals surface area contributed by atoms with Crippen molar-refractivity contribution in [3.63, 3.8) is 0 Å². The lowest BCUT2D eigenvalue weighted by molar-refractivity contribution is 0.590. The lowest BCUT2D eigenvalue weighted by Gasteiger charge is -2.29. The summed E-state index contributed by atoms with van der Waals surface area (Å²) < 4.78 is 6.94. The summed E-state index contributed by atoms with van der Waals surface area (Å²) >= 11 is 0. The van der Waals surface area contributed by atoms with Crippen molar-refractivity contribution in [2.75, 3.05) is 9.80 Å². The molecule has 59 heavy (non-hydrogen) atoms. The molecule has 0 radical (unpaired) electrons. The smallest absolute Gasteiger partial charge is 0.187 e. The van der Waals surface area contributed by atoms with Gasteiger partial charge in [-0.25, -0.2) is 9.69 Å². The number of furan rings is 1. The molecule has 0 saturated carbocycles. The average molecular weight is 767 g/mol. The van der Waals surface area contributed by atoms with E-state index in [9.17, 15) is 0 Å². The van der Waals surface area contributed by atoms with E-state index in [1.807, 2.05) is 54.6 Å². The molecule has 0 aliphatic heterocycles. The zero-order chi connectivity index (χ0) is 41.2. The van der Waals surface area contributed by atoms with Gasteiger partial charge in [0.2, 0.25) is 0 Å². The van der Waals surface area contributed by atoms with Gasteiger partial charge in [-0.15, -0.1) is 0 Å². The van der Waals surface area contributed by atoms with Crippen LogP contribution in [0.5, 0.6) is 0 Å². The summed E-state index contributed by atoms with van der Waals surface area (Å²) in [6.45, 7) is 31.0. The SMILES string of the molecule is [C-]#[N+]c1ccc(N(c2ccc(C(C)(C)C)cc2)c2ccc3c(c2)C(C)(C)c2c-3cc(N(c3ccc([N+]#[C-])cc3)c3ccc(C(C)C)cc3)c3oc4ccccc4c23)cc1. The molecule has 1 heterocycles. The second kappa shape index (κ2) is 14.1. The number of hydrogen-bond acceptors (Lipinski definition) is 3. The molecule has 9 rings (SSSR count). The summed E-state index contributed by atoms with van der Waals surface area (Å²) in [6.07, 6.45) is 0. The molecule has 0 N–H and O–H groups in total. The highest BCUT2D eigenvalue weighted by molar-refractivity contribution is 6.16. The van der Waals surface area contributed by atoms with Crippen molar-refractivity contribution in [1.29, 1.82) is 0 Å². The van der Waals surface area contributed by atoms with Crippen molar-refractivity contribution in [3.8, 4) is 11.1 Å². The summed E-state index contributed by atoms with van der Waals surface area (Å²) in [5.41, 5.74) is 15.9. The van der Waals surface area contributed by atoms with Gasteiger partial charge >= 0.3 is 0 Å². The first-order valence-electron chi connectivity index (χ1n) is 20.3. The molecular weight excluding hydrogens is 721 g/mol. The fourth-order valence-corrected chi connectivity index (χ4v) is 8.81. The van der Waals surface area contributed by atoms with Crippen LogP contribution < -0.4 is 9.80 Å². The summed E-state index contributed by atoms with van der Waals surface area (Å²) in [5, 5.41) is 2.20. The molecule has 1 aliphatic carbocycles. The lowest BCUT2D eigenvalue weighted by Crippen LogP contribution is -2.17. The third-order valence-corrected chi connectivity index (χ3v) is 12.0. The number of anilines is 6. The van der Waals surface area contributed by atoms with E-state index in [4.69, 9.17) is 17.6 Å². The molecular formula is C54H46N4O. The summed E-state index contributed by atoms with van der Waals surface area (Å²) in [6, 6.07) is 50.9. The Balaban J connectivity index is 1.28. The topological polar surface area (TPSA) is 28.3 Å². The maximum atomic E-state index is 7.64. The van der Waals surface area contributed by atoms with E-state index >= 15 is 0 Å². The van der Waals surface area contributed by atoms with Gasteiger partial charge < -0.3 is 14.2 Å². The van der Waals surface area contributed by atoms with Crippen molar-refractivity contribution in [1.82, 2.24) is 0 Å². The minimum Gasteiger partial charge on any atom is -0.454 e. The van der Waals surface area contributed by atoms with Crippen LogP contribution in [-0.4, -0.2) is 0 Å². The van der Waals surface area contributed by atoms with Crippen LogP contribution in [0.25, 0.3) is 42.8 Å². The molecule has 5 heteroatoms. The largest absolute Gasteiger partial charge is 0.454 e. The Morgan fingerprint density at radius 1 is 0.593 bits per heavy atom. The van der Waals surface area contributed by atoms with E-state index < -0.39 is 0 Å². The number of para-hydroxylation sites is 1. The molecule has 288 valence electrons. The second-order valence-corrected chi connectivity index (χ2v) is 17.4. The van der Waals surface area contributed by atoms with Gasteiger partial charge in [-0.1, -0.05) is 121 Å². The van der Waals surface area contributed by atoms with Gasteiger partial charge in [-0.05, 0) is 118 Å². The molecule has 0 bridgehead atoms. The van der Waals surface area contributed by atoms with Crippen molar-refractivity contribution in [2.45, 2.75) is 65.2 Å². The van der Waals surface area contributed by atoms with Crippen molar-refractivity contribution < 1.29 is 4.42 Å². The molecule has 0 spiro atoms. The molecule has 8 aromatic rings. The first-order valence-corrected chi connectivity index (χ1v) is 20.3. The molecule has 7 aromatic carbocycles. The van der Waals surface area contributed by atoms with Gasteiger partial charge in [0.05, 0.1) is 18.8 Å². The minimum absolute atomic E-state index is 0.0276. The fraction of sp³-hybridized carbons (Fsp3) is 0.185. The summed E-state index contributed by atoms with van der Waals surface area (Å²) in [7, 11) is 0. The highest BCUT2D eigenvalue weighted by Crippen LogP contribution is 2.57. The number of benzene rings is 7. The number of rotatable bonds is 7. The highest BCUT2D eigenvalue weighted by atomic mass is 16.3. The monoisotopic (exact) mass is 766 g/mol. The minimum atomic E-state index is -0.388. The number of nitrogens with zero attached hydrogens (tertiary/aromatic N) is 4. The average Bonchev–Trinajstić information content (AvgIpc) is 3.73. The predicted molar refractivity (Wildman–Crippen MR) is 246 cm³/mol.